The molecule has 19 nitrogen and oxygen atoms in total. The van der Waals surface area contributed by atoms with Gasteiger partial charge < -0.3 is 72.6 Å². The monoisotopic (exact) mass is 1030 g/mol. The van der Waals surface area contributed by atoms with Gasteiger partial charge in [0.05, 0.1) is 42.0 Å². The fourth-order valence-electron chi connectivity index (χ4n) is 12.6. The van der Waals surface area contributed by atoms with Crippen LogP contribution in [0.15, 0.2) is 0 Å². The molecule has 5 saturated heterocycles. The van der Waals surface area contributed by atoms with Crippen LogP contribution in [0.4, 0.5) is 4.79 Å². The molecule has 2 N–H and O–H groups in total. The van der Waals surface area contributed by atoms with Gasteiger partial charge in [0.15, 0.2) is 18.2 Å². The molecule has 416 valence electrons. The Labute approximate surface area is 431 Å². The average molecular weight is 1030 g/mol. The maximum atomic E-state index is 15.1. The lowest BCUT2D eigenvalue weighted by Crippen LogP contribution is -2.70. The number of hydrogen-bond acceptors (Lipinski definition) is 17. The number of carbonyl (C=O) groups is 4. The number of nitrogens with zero attached hydrogens (tertiary/aromatic N) is 5. The second kappa shape index (κ2) is 24.6. The lowest BCUT2D eigenvalue weighted by atomic mass is 9.72. The first kappa shape index (κ1) is 60.3. The molecule has 5 fully saturated rings. The summed E-state index contributed by atoms with van der Waals surface area (Å²) in [6, 6.07) is -1.13. The number of unbranched alkanes of at least 4 members (excludes halogenated alkanes) is 1. The molecule has 5 aliphatic heterocycles. The highest BCUT2D eigenvalue weighted by Crippen LogP contribution is 2.46. The van der Waals surface area contributed by atoms with Gasteiger partial charge in [-0.05, 0) is 115 Å². The third kappa shape index (κ3) is 12.8. The highest BCUT2D eigenvalue weighted by molar-refractivity contribution is 5.85. The minimum absolute atomic E-state index is 0.0806. The van der Waals surface area contributed by atoms with E-state index in [4.69, 9.17) is 37.9 Å². The zero-order valence-electron chi connectivity index (χ0n) is 47.0. The topological polar surface area (TPSA) is 199 Å². The second-order valence-electron chi connectivity index (χ2n) is 23.2. The van der Waals surface area contributed by atoms with Gasteiger partial charge in [-0.3, -0.25) is 14.4 Å². The quantitative estimate of drug-likeness (QED) is 0.146. The first-order valence-electron chi connectivity index (χ1n) is 26.8. The smallest absolute Gasteiger partial charge is 0.410 e. The number of carbonyl (C=O) groups excluding carboxylic acids is 4. The molecular formula is C53H95N5O14. The summed E-state index contributed by atoms with van der Waals surface area (Å²) in [4.78, 5) is 66.3. The number of aliphatic hydroxyl groups excluding tert-OH is 1. The summed E-state index contributed by atoms with van der Waals surface area (Å²) < 4.78 is 52.8. The SMILES string of the molecule is CC[C@H]1OC(=O)[C@H](C)[C@@H](O[C@H]2C[C@@](C)(OC)[C@@](O)(CN(C)CCN(C)C)[C@H](C)O2)[C@H](C)[C@@H](O[C@@H]2O[C@H](C)C[C@H](N(C)C)[C@H]2O)[C@@](C)(OC)C[C@@H](C)C(=O)[C@H](C)[C@H]2N(CCCCN3CCCC3=O)C(=O)O[C@]12C. The van der Waals surface area contributed by atoms with Crippen molar-refractivity contribution in [2.75, 3.05) is 88.7 Å². The van der Waals surface area contributed by atoms with Crippen molar-refractivity contribution in [1.82, 2.24) is 24.5 Å². The van der Waals surface area contributed by atoms with E-state index >= 15 is 9.59 Å². The molecular weight excluding hydrogens is 931 g/mol. The van der Waals surface area contributed by atoms with Gasteiger partial charge in [0.2, 0.25) is 5.91 Å². The van der Waals surface area contributed by atoms with E-state index < -0.39 is 107 Å². The number of aliphatic hydroxyl groups is 2. The summed E-state index contributed by atoms with van der Waals surface area (Å²) in [6.07, 6.45) is -4.33. The fraction of sp³-hybridized carbons (Fsp3) is 0.925. The van der Waals surface area contributed by atoms with Gasteiger partial charge in [0.25, 0.3) is 0 Å². The van der Waals surface area contributed by atoms with Gasteiger partial charge in [-0.2, -0.15) is 0 Å². The number of amides is 2. The minimum atomic E-state index is -1.48. The van der Waals surface area contributed by atoms with Crippen LogP contribution in [-0.2, 0) is 52.3 Å². The Hall–Kier alpha value is -2.56. The van der Waals surface area contributed by atoms with Crippen LogP contribution in [-0.4, -0.2) is 231 Å². The van der Waals surface area contributed by atoms with Gasteiger partial charge in [-0.15, -0.1) is 0 Å². The van der Waals surface area contributed by atoms with Crippen LogP contribution in [0.5, 0.6) is 0 Å². The standard InChI is InChI=1S/C53H95N5O14/c1-18-39-52(10)45(58(49(63)72-52)25-20-19-23-57-24-21-22-40(57)59)34(4)42(60)32(2)29-50(8,65-16)46(71-48-43(61)38(55(13)14)28-33(3)67-48)35(5)44(36(6)47(62)69-39)70-41-30-51(9,66-17)53(64,37(7)68-41)31-56(15)27-26-54(11)12/h32-39,41,43-46,48,61,64H,18-31H2,1-17H3/t32-,33-,34+,35+,36-,37+,38+,39-,41+,43-,44+,45-,46-,48+,50+,51-,52-,53-/m1/s1. The zero-order chi connectivity index (χ0) is 53.8. The molecule has 5 rings (SSSR count). The molecule has 5 heterocycles. The Morgan fingerprint density at radius 2 is 1.51 bits per heavy atom. The molecule has 19 heteroatoms. The van der Waals surface area contributed by atoms with Crippen molar-refractivity contribution in [2.45, 2.75) is 204 Å². The molecule has 0 aromatic heterocycles. The Kier molecular flexibility index (Phi) is 20.6. The van der Waals surface area contributed by atoms with Crippen molar-refractivity contribution in [3.8, 4) is 0 Å². The van der Waals surface area contributed by atoms with Gasteiger partial charge in [0.1, 0.15) is 29.2 Å². The highest BCUT2D eigenvalue weighted by Gasteiger charge is 2.62. The number of hydrogen-bond donors (Lipinski definition) is 2. The Morgan fingerprint density at radius 1 is 0.847 bits per heavy atom. The second-order valence-corrected chi connectivity index (χ2v) is 23.2. The third-order valence-electron chi connectivity index (χ3n) is 17.3. The summed E-state index contributed by atoms with van der Waals surface area (Å²) >= 11 is 0. The van der Waals surface area contributed by atoms with E-state index in [1.807, 2.05) is 93.5 Å². The summed E-state index contributed by atoms with van der Waals surface area (Å²) in [6.45, 7) is 21.6. The lowest BCUT2D eigenvalue weighted by Gasteiger charge is -2.54. The first-order valence-corrected chi connectivity index (χ1v) is 26.8. The van der Waals surface area contributed by atoms with Gasteiger partial charge >= 0.3 is 12.1 Å². The number of cyclic esters (lactones) is 1. The van der Waals surface area contributed by atoms with Gasteiger partial charge in [-0.1, -0.05) is 27.7 Å². The number of methoxy groups -OCH3 is 2. The van der Waals surface area contributed by atoms with Crippen LogP contribution in [0.2, 0.25) is 0 Å². The molecule has 72 heavy (non-hydrogen) atoms. The maximum Gasteiger partial charge on any atom is 0.410 e. The molecule has 0 radical (unpaired) electrons. The van der Waals surface area contributed by atoms with Crippen molar-refractivity contribution in [3.63, 3.8) is 0 Å². The van der Waals surface area contributed by atoms with Crippen molar-refractivity contribution in [1.29, 1.82) is 0 Å². The zero-order valence-corrected chi connectivity index (χ0v) is 47.0. The van der Waals surface area contributed by atoms with Crippen molar-refractivity contribution < 1.29 is 67.3 Å². The largest absolute Gasteiger partial charge is 0.458 e. The molecule has 18 atom stereocenters. The van der Waals surface area contributed by atoms with Crippen molar-refractivity contribution in [2.24, 2.45) is 23.7 Å². The van der Waals surface area contributed by atoms with Crippen LogP contribution in [0.3, 0.4) is 0 Å². The van der Waals surface area contributed by atoms with Gasteiger partial charge in [-0.25, -0.2) is 4.79 Å². The summed E-state index contributed by atoms with van der Waals surface area (Å²) in [5, 5.41) is 24.5. The summed E-state index contributed by atoms with van der Waals surface area (Å²) in [5.41, 5.74) is -5.39. The third-order valence-corrected chi connectivity index (χ3v) is 17.3. The number of ether oxygens (including phenoxy) is 8. The molecule has 0 unspecified atom stereocenters. The normalized spacial score (nSPS) is 41.8. The number of ketones is 1. The predicted octanol–water partition coefficient (Wildman–Crippen LogP) is 4.17. The summed E-state index contributed by atoms with van der Waals surface area (Å²) in [7, 11) is 12.9. The Balaban J connectivity index is 1.59. The minimum Gasteiger partial charge on any atom is -0.458 e. The molecule has 0 spiro atoms. The van der Waals surface area contributed by atoms with E-state index in [2.05, 4.69) is 9.80 Å². The van der Waals surface area contributed by atoms with E-state index in [1.165, 1.54) is 0 Å². The van der Waals surface area contributed by atoms with E-state index in [1.54, 1.807) is 39.9 Å². The maximum absolute atomic E-state index is 15.1. The number of likely N-dealkylation sites (N-methyl/N-ethyl adjacent to an activating group) is 3. The van der Waals surface area contributed by atoms with E-state index in [-0.39, 0.29) is 56.2 Å². The molecule has 2 amide bonds. The van der Waals surface area contributed by atoms with Crippen LogP contribution < -0.4 is 0 Å². The van der Waals surface area contributed by atoms with Crippen LogP contribution in [0, 0.1) is 23.7 Å². The van der Waals surface area contributed by atoms with E-state index in [9.17, 15) is 19.8 Å². The first-order chi connectivity index (χ1) is 33.6. The number of esters is 1. The fourth-order valence-corrected chi connectivity index (χ4v) is 12.6. The average Bonchev–Trinajstić information content (AvgIpc) is 3.85. The number of fused-ring (bicyclic) bond motifs is 1. The van der Waals surface area contributed by atoms with Crippen molar-refractivity contribution >= 4 is 23.8 Å². The summed E-state index contributed by atoms with van der Waals surface area (Å²) in [5.74, 6) is -3.89. The Morgan fingerprint density at radius 3 is 2.10 bits per heavy atom. The Bertz CT molecular complexity index is 1830. The van der Waals surface area contributed by atoms with E-state index in [0.29, 0.717) is 38.8 Å². The molecule has 0 aliphatic carbocycles. The molecule has 5 aliphatic rings. The predicted molar refractivity (Wildman–Crippen MR) is 270 cm³/mol. The molecule has 0 saturated carbocycles. The number of rotatable bonds is 18. The van der Waals surface area contributed by atoms with Crippen molar-refractivity contribution in [3.05, 3.63) is 0 Å². The molecule has 0 bridgehead atoms. The number of likely N-dealkylation sites (tertiary alicyclic amines) is 1. The van der Waals surface area contributed by atoms with Crippen LogP contribution >= 0.6 is 0 Å². The van der Waals surface area contributed by atoms with Gasteiger partial charge in [0, 0.05) is 90.1 Å². The van der Waals surface area contributed by atoms with Crippen LogP contribution in [0.25, 0.3) is 0 Å². The van der Waals surface area contributed by atoms with E-state index in [0.717, 1.165) is 19.5 Å². The molecule has 0 aromatic carbocycles. The highest BCUT2D eigenvalue weighted by atomic mass is 16.7. The van der Waals surface area contributed by atoms with Crippen LogP contribution in [0.1, 0.15) is 121 Å². The molecule has 0 aromatic rings. The lowest BCUT2D eigenvalue weighted by molar-refractivity contribution is -0.339. The number of Topliss-reactive ketones (excluding diaryl/α,β-unsaturated/α-hetero) is 1.